The van der Waals surface area contributed by atoms with Gasteiger partial charge in [0, 0.05) is 26.2 Å². The molecule has 2 aliphatic heterocycles. The van der Waals surface area contributed by atoms with Crippen molar-refractivity contribution in [3.63, 3.8) is 0 Å². The average Bonchev–Trinajstić information content (AvgIpc) is 3.13. The molecule has 22 heavy (non-hydrogen) atoms. The molecule has 0 aliphatic carbocycles. The molecule has 0 aromatic heterocycles. The molecule has 2 amide bonds. The summed E-state index contributed by atoms with van der Waals surface area (Å²) in [4.78, 5) is 20.9. The molecule has 2 saturated heterocycles. The van der Waals surface area contributed by atoms with Crippen LogP contribution in [0.5, 0.6) is 0 Å². The Morgan fingerprint density at radius 1 is 0.909 bits per heavy atom. The zero-order valence-corrected chi connectivity index (χ0v) is 13.3. The summed E-state index contributed by atoms with van der Waals surface area (Å²) < 4.78 is 0. The molecule has 0 saturated carbocycles. The van der Waals surface area contributed by atoms with Gasteiger partial charge in [-0.25, -0.2) is 4.79 Å². The minimum atomic E-state index is -0.727. The summed E-state index contributed by atoms with van der Waals surface area (Å²) in [6.07, 6.45) is 6.19. The summed E-state index contributed by atoms with van der Waals surface area (Å²) in [5, 5.41) is 8.15. The first-order valence-electron chi connectivity index (χ1n) is 6.90. The van der Waals surface area contributed by atoms with Crippen LogP contribution in [-0.4, -0.2) is 53.9 Å². The van der Waals surface area contributed by atoms with Crippen molar-refractivity contribution in [1.29, 1.82) is 5.26 Å². The minimum absolute atomic E-state index is 0. The fourth-order valence-electron chi connectivity index (χ4n) is 2.20. The van der Waals surface area contributed by atoms with Crippen LogP contribution in [0.2, 0.25) is 0 Å². The van der Waals surface area contributed by atoms with Gasteiger partial charge in [-0.15, -0.1) is 17.4 Å². The molecule has 10 heteroatoms. The first-order chi connectivity index (χ1) is 10.0. The van der Waals surface area contributed by atoms with E-state index in [0.717, 1.165) is 51.9 Å². The van der Waals surface area contributed by atoms with Gasteiger partial charge in [0.05, 0.1) is 0 Å². The van der Waals surface area contributed by atoms with Crippen molar-refractivity contribution in [1.82, 2.24) is 9.80 Å². The molecule has 0 atom stereocenters. The van der Waals surface area contributed by atoms with Crippen LogP contribution >= 0.6 is 12.4 Å². The van der Waals surface area contributed by atoms with E-state index < -0.39 is 6.03 Å². The number of primary amides is 1. The number of hydrogen-bond acceptors (Lipinski definition) is 3. The van der Waals surface area contributed by atoms with Crippen LogP contribution < -0.4 is 17.2 Å². The normalized spacial score (nSPS) is 18.1. The third-order valence-electron chi connectivity index (χ3n) is 3.25. The Bertz CT molecular complexity index is 447. The molecular weight excluding hydrogens is 308 g/mol. The Morgan fingerprint density at radius 2 is 1.32 bits per heavy atom. The van der Waals surface area contributed by atoms with Gasteiger partial charge in [0.15, 0.2) is 0 Å². The molecule has 124 valence electrons. The van der Waals surface area contributed by atoms with Crippen LogP contribution in [0, 0.1) is 11.5 Å². The Hall–Kier alpha value is -2.21. The number of nitriles is 1. The number of amides is 2. The van der Waals surface area contributed by atoms with E-state index in [1.165, 1.54) is 0 Å². The minimum Gasteiger partial charge on any atom is -0.369 e. The zero-order chi connectivity index (χ0) is 15.7. The van der Waals surface area contributed by atoms with E-state index in [2.05, 4.69) is 9.98 Å². The highest BCUT2D eigenvalue weighted by Crippen LogP contribution is 2.06. The van der Waals surface area contributed by atoms with Gasteiger partial charge in [-0.2, -0.15) is 10.3 Å². The Morgan fingerprint density at radius 3 is 1.68 bits per heavy atom. The van der Waals surface area contributed by atoms with E-state index in [1.54, 1.807) is 6.19 Å². The third-order valence-corrected chi connectivity index (χ3v) is 3.25. The van der Waals surface area contributed by atoms with Crippen LogP contribution in [-0.2, 0) is 0 Å². The van der Waals surface area contributed by atoms with Crippen molar-refractivity contribution in [3.8, 4) is 6.19 Å². The summed E-state index contributed by atoms with van der Waals surface area (Å²) in [5.74, 6) is 0.606. The summed E-state index contributed by atoms with van der Waals surface area (Å²) in [6, 6.07) is -0.727. The fourth-order valence-corrected chi connectivity index (χ4v) is 2.20. The van der Waals surface area contributed by atoms with Gasteiger partial charge in [-0.05, 0) is 25.7 Å². The number of halogens is 1. The number of carbonyl (C=O) groups is 1. The van der Waals surface area contributed by atoms with Crippen molar-refractivity contribution in [2.24, 2.45) is 27.2 Å². The molecule has 0 spiro atoms. The number of likely N-dealkylation sites (tertiary alicyclic amines) is 2. The molecule has 0 aromatic rings. The van der Waals surface area contributed by atoms with E-state index in [9.17, 15) is 4.79 Å². The third kappa shape index (κ3) is 6.99. The lowest BCUT2D eigenvalue weighted by molar-refractivity contribution is 0.256. The summed E-state index contributed by atoms with van der Waals surface area (Å²) in [7, 11) is 0. The molecule has 9 nitrogen and oxygen atoms in total. The van der Waals surface area contributed by atoms with Crippen molar-refractivity contribution < 1.29 is 4.79 Å². The molecule has 0 aromatic carbocycles. The molecule has 2 rings (SSSR count). The second kappa shape index (κ2) is 10.5. The molecule has 6 N–H and O–H groups in total. The maximum Gasteiger partial charge on any atom is 0.341 e. The maximum absolute atomic E-state index is 10.3. The van der Waals surface area contributed by atoms with Gasteiger partial charge in [0.25, 0.3) is 0 Å². The monoisotopic (exact) mass is 330 g/mol. The molecule has 2 fully saturated rings. The Labute approximate surface area is 136 Å². The first-order valence-corrected chi connectivity index (χ1v) is 6.90. The van der Waals surface area contributed by atoms with Crippen LogP contribution in [0.25, 0.3) is 0 Å². The van der Waals surface area contributed by atoms with E-state index >= 15 is 0 Å². The molecular formula is C12H23ClN8O. The van der Waals surface area contributed by atoms with Gasteiger partial charge in [0.1, 0.15) is 0 Å². The van der Waals surface area contributed by atoms with E-state index in [1.807, 2.05) is 9.80 Å². The number of nitrogens with two attached hydrogens (primary N) is 3. The van der Waals surface area contributed by atoms with Crippen LogP contribution in [0.4, 0.5) is 4.79 Å². The van der Waals surface area contributed by atoms with Crippen molar-refractivity contribution >= 4 is 30.4 Å². The Balaban J connectivity index is 0.000000385. The molecule has 2 heterocycles. The average molecular weight is 331 g/mol. The highest BCUT2D eigenvalue weighted by Gasteiger charge is 2.13. The second-order valence-electron chi connectivity index (χ2n) is 4.77. The standard InChI is InChI=1S/C6H12N4O.C6H10N4.ClH/c7-5(9-6(8)11)10-3-1-2-4-10;7-5-9-6(8)10-3-1-2-4-10;/h1-4H2,(H4,7,8,9,11);1-4H2,(H2,8,9);1H. The number of aliphatic imine (C=N–C) groups is 2. The lowest BCUT2D eigenvalue weighted by atomic mass is 10.4. The van der Waals surface area contributed by atoms with Gasteiger partial charge in [-0.3, -0.25) is 0 Å². The summed E-state index contributed by atoms with van der Waals surface area (Å²) >= 11 is 0. The second-order valence-corrected chi connectivity index (χ2v) is 4.77. The lowest BCUT2D eigenvalue weighted by Gasteiger charge is -2.14. The number of guanidine groups is 2. The highest BCUT2D eigenvalue weighted by molar-refractivity contribution is 5.90. The summed E-state index contributed by atoms with van der Waals surface area (Å²) in [5.41, 5.74) is 15.7. The molecule has 0 bridgehead atoms. The van der Waals surface area contributed by atoms with Gasteiger partial charge in [0.2, 0.25) is 18.1 Å². The largest absolute Gasteiger partial charge is 0.369 e. The molecule has 0 unspecified atom stereocenters. The molecule has 0 radical (unpaired) electrons. The predicted molar refractivity (Wildman–Crippen MR) is 87.3 cm³/mol. The zero-order valence-electron chi connectivity index (χ0n) is 12.4. The van der Waals surface area contributed by atoms with Crippen LogP contribution in [0.15, 0.2) is 9.98 Å². The van der Waals surface area contributed by atoms with Crippen LogP contribution in [0.3, 0.4) is 0 Å². The maximum atomic E-state index is 10.3. The predicted octanol–water partition coefficient (Wildman–Crippen LogP) is -0.225. The van der Waals surface area contributed by atoms with E-state index in [4.69, 9.17) is 22.5 Å². The quantitative estimate of drug-likeness (QED) is 0.317. The summed E-state index contributed by atoms with van der Waals surface area (Å²) in [6.45, 7) is 3.64. The highest BCUT2D eigenvalue weighted by atomic mass is 35.5. The van der Waals surface area contributed by atoms with Crippen molar-refractivity contribution in [2.45, 2.75) is 25.7 Å². The van der Waals surface area contributed by atoms with Crippen LogP contribution in [0.1, 0.15) is 25.7 Å². The number of hydrogen-bond donors (Lipinski definition) is 3. The van der Waals surface area contributed by atoms with Gasteiger partial charge in [-0.1, -0.05) is 0 Å². The fraction of sp³-hybridized carbons (Fsp3) is 0.667. The van der Waals surface area contributed by atoms with Crippen molar-refractivity contribution in [2.75, 3.05) is 26.2 Å². The van der Waals surface area contributed by atoms with Gasteiger partial charge >= 0.3 is 6.03 Å². The Kier molecular flexibility index (Phi) is 9.45. The lowest BCUT2D eigenvalue weighted by Crippen LogP contribution is -2.36. The smallest absolute Gasteiger partial charge is 0.341 e. The molecule has 2 aliphatic rings. The van der Waals surface area contributed by atoms with E-state index in [-0.39, 0.29) is 18.4 Å². The van der Waals surface area contributed by atoms with E-state index in [0.29, 0.717) is 5.96 Å². The van der Waals surface area contributed by atoms with Gasteiger partial charge < -0.3 is 27.0 Å². The van der Waals surface area contributed by atoms with Crippen molar-refractivity contribution in [3.05, 3.63) is 0 Å². The topological polar surface area (TPSA) is 150 Å². The number of nitrogens with zero attached hydrogens (tertiary/aromatic N) is 5. The number of rotatable bonds is 0. The number of carbonyl (C=O) groups excluding carboxylic acids is 1. The number of urea groups is 1. The first kappa shape index (κ1) is 19.8. The SMILES string of the molecule is Cl.N#CN=C(N)N1CCCC1.NC(=O)N=C(N)N1CCCC1.